The molecule has 0 bridgehead atoms. The van der Waals surface area contributed by atoms with E-state index >= 15 is 0 Å². The summed E-state index contributed by atoms with van der Waals surface area (Å²) in [5.41, 5.74) is 2.36. The standard InChI is InChI=1S/C16H19N/c1-4-15(12(2)3)17-16-11-7-9-13-8-5-6-10-14(13)16/h5-12H,4H2,1-3H3. The third-order valence-corrected chi connectivity index (χ3v) is 3.06. The van der Waals surface area contributed by atoms with Gasteiger partial charge >= 0.3 is 0 Å². The fourth-order valence-corrected chi connectivity index (χ4v) is 2.08. The maximum absolute atomic E-state index is 4.82. The molecule has 0 aliphatic carbocycles. The SMILES string of the molecule is CCC(=Nc1cccc2ccccc12)C(C)C. The Morgan fingerprint density at radius 3 is 2.47 bits per heavy atom. The van der Waals surface area contributed by atoms with Gasteiger partial charge in [-0.05, 0) is 23.8 Å². The van der Waals surface area contributed by atoms with Crippen LogP contribution in [0.2, 0.25) is 0 Å². The predicted molar refractivity (Wildman–Crippen MR) is 76.2 cm³/mol. The van der Waals surface area contributed by atoms with Gasteiger partial charge in [-0.3, -0.25) is 4.99 Å². The van der Waals surface area contributed by atoms with Crippen molar-refractivity contribution < 1.29 is 0 Å². The van der Waals surface area contributed by atoms with Gasteiger partial charge in [0.15, 0.2) is 0 Å². The lowest BCUT2D eigenvalue weighted by molar-refractivity contribution is 0.858. The van der Waals surface area contributed by atoms with Crippen molar-refractivity contribution in [1.82, 2.24) is 0 Å². The Bertz CT molecular complexity index is 533. The minimum Gasteiger partial charge on any atom is -0.257 e. The molecule has 2 aromatic carbocycles. The van der Waals surface area contributed by atoms with Crippen molar-refractivity contribution in [2.75, 3.05) is 0 Å². The van der Waals surface area contributed by atoms with Crippen LogP contribution in [0, 0.1) is 5.92 Å². The molecule has 2 aromatic rings. The van der Waals surface area contributed by atoms with Crippen LogP contribution in [0.5, 0.6) is 0 Å². The van der Waals surface area contributed by atoms with E-state index in [0.29, 0.717) is 5.92 Å². The second-order valence-corrected chi connectivity index (χ2v) is 4.61. The van der Waals surface area contributed by atoms with Gasteiger partial charge < -0.3 is 0 Å². The second-order valence-electron chi connectivity index (χ2n) is 4.61. The molecule has 0 aromatic heterocycles. The topological polar surface area (TPSA) is 12.4 Å². The summed E-state index contributed by atoms with van der Waals surface area (Å²) in [4.78, 5) is 4.82. The zero-order valence-corrected chi connectivity index (χ0v) is 10.8. The first kappa shape index (κ1) is 11.8. The van der Waals surface area contributed by atoms with Crippen LogP contribution in [0.25, 0.3) is 10.8 Å². The van der Waals surface area contributed by atoms with Crippen molar-refractivity contribution >= 4 is 22.2 Å². The molecule has 17 heavy (non-hydrogen) atoms. The third kappa shape index (κ3) is 2.55. The van der Waals surface area contributed by atoms with Crippen molar-refractivity contribution in [2.24, 2.45) is 10.9 Å². The van der Waals surface area contributed by atoms with Crippen LogP contribution in [0.4, 0.5) is 5.69 Å². The summed E-state index contributed by atoms with van der Waals surface area (Å²) in [6, 6.07) is 14.7. The Morgan fingerprint density at radius 1 is 1.06 bits per heavy atom. The lowest BCUT2D eigenvalue weighted by Gasteiger charge is -2.09. The van der Waals surface area contributed by atoms with E-state index < -0.39 is 0 Å². The smallest absolute Gasteiger partial charge is 0.0707 e. The van der Waals surface area contributed by atoms with Crippen molar-refractivity contribution in [2.45, 2.75) is 27.2 Å². The Kier molecular flexibility index (Phi) is 3.58. The van der Waals surface area contributed by atoms with Crippen LogP contribution in [0.15, 0.2) is 47.5 Å². The van der Waals surface area contributed by atoms with Gasteiger partial charge in [-0.15, -0.1) is 0 Å². The highest BCUT2D eigenvalue weighted by molar-refractivity contribution is 5.97. The molecule has 0 saturated heterocycles. The van der Waals surface area contributed by atoms with E-state index in [4.69, 9.17) is 4.99 Å². The lowest BCUT2D eigenvalue weighted by atomic mass is 10.0. The van der Waals surface area contributed by atoms with E-state index in [-0.39, 0.29) is 0 Å². The van der Waals surface area contributed by atoms with E-state index in [9.17, 15) is 0 Å². The summed E-state index contributed by atoms with van der Waals surface area (Å²) in [6.45, 7) is 6.57. The molecular weight excluding hydrogens is 206 g/mol. The maximum atomic E-state index is 4.82. The maximum Gasteiger partial charge on any atom is 0.0707 e. The number of hydrogen-bond acceptors (Lipinski definition) is 1. The van der Waals surface area contributed by atoms with Gasteiger partial charge in [-0.1, -0.05) is 57.2 Å². The van der Waals surface area contributed by atoms with E-state index in [0.717, 1.165) is 12.1 Å². The van der Waals surface area contributed by atoms with Crippen LogP contribution in [0.1, 0.15) is 27.2 Å². The second kappa shape index (κ2) is 5.13. The number of nitrogens with zero attached hydrogens (tertiary/aromatic N) is 1. The van der Waals surface area contributed by atoms with E-state index in [1.165, 1.54) is 16.5 Å². The van der Waals surface area contributed by atoms with E-state index in [1.54, 1.807) is 0 Å². The molecule has 0 N–H and O–H groups in total. The molecule has 0 amide bonds. The highest BCUT2D eigenvalue weighted by Gasteiger charge is 2.04. The predicted octanol–water partition coefficient (Wildman–Crippen LogP) is 4.98. The summed E-state index contributed by atoms with van der Waals surface area (Å²) in [6.07, 6.45) is 1.01. The normalized spacial score (nSPS) is 12.4. The van der Waals surface area contributed by atoms with Crippen LogP contribution in [-0.4, -0.2) is 5.71 Å². The molecule has 0 heterocycles. The number of hydrogen-bond donors (Lipinski definition) is 0. The van der Waals surface area contributed by atoms with Crippen LogP contribution in [0.3, 0.4) is 0 Å². The Labute approximate surface area is 103 Å². The van der Waals surface area contributed by atoms with E-state index in [2.05, 4.69) is 63.2 Å². The van der Waals surface area contributed by atoms with Gasteiger partial charge in [-0.25, -0.2) is 0 Å². The number of fused-ring (bicyclic) bond motifs is 1. The van der Waals surface area contributed by atoms with Crippen molar-refractivity contribution in [3.8, 4) is 0 Å². The largest absolute Gasteiger partial charge is 0.257 e. The number of aliphatic imine (C=N–C) groups is 1. The number of benzene rings is 2. The summed E-state index contributed by atoms with van der Waals surface area (Å²) in [5, 5.41) is 2.49. The molecule has 0 saturated carbocycles. The molecule has 88 valence electrons. The molecule has 0 radical (unpaired) electrons. The minimum atomic E-state index is 0.513. The van der Waals surface area contributed by atoms with Gasteiger partial charge in [0.05, 0.1) is 5.69 Å². The lowest BCUT2D eigenvalue weighted by Crippen LogP contribution is -2.04. The molecule has 0 spiro atoms. The average molecular weight is 225 g/mol. The Morgan fingerprint density at radius 2 is 1.76 bits per heavy atom. The summed E-state index contributed by atoms with van der Waals surface area (Å²) in [7, 11) is 0. The van der Waals surface area contributed by atoms with Gasteiger partial charge in [0.25, 0.3) is 0 Å². The van der Waals surface area contributed by atoms with Gasteiger partial charge in [-0.2, -0.15) is 0 Å². The molecule has 0 aliphatic heterocycles. The molecule has 0 fully saturated rings. The fourth-order valence-electron chi connectivity index (χ4n) is 2.08. The van der Waals surface area contributed by atoms with Crippen molar-refractivity contribution in [3.05, 3.63) is 42.5 Å². The third-order valence-electron chi connectivity index (χ3n) is 3.06. The Hall–Kier alpha value is -1.63. The molecular formula is C16H19N. The van der Waals surface area contributed by atoms with Crippen molar-refractivity contribution in [3.63, 3.8) is 0 Å². The first-order valence-electron chi connectivity index (χ1n) is 6.27. The quantitative estimate of drug-likeness (QED) is 0.653. The highest BCUT2D eigenvalue weighted by atomic mass is 14.8. The number of rotatable bonds is 3. The van der Waals surface area contributed by atoms with E-state index in [1.807, 2.05) is 0 Å². The Balaban J connectivity index is 2.56. The summed E-state index contributed by atoms with van der Waals surface area (Å²) < 4.78 is 0. The molecule has 1 nitrogen and oxygen atoms in total. The first-order chi connectivity index (χ1) is 8.22. The molecule has 0 unspecified atom stereocenters. The molecule has 0 aliphatic rings. The van der Waals surface area contributed by atoms with Crippen LogP contribution >= 0.6 is 0 Å². The van der Waals surface area contributed by atoms with Crippen LogP contribution < -0.4 is 0 Å². The monoisotopic (exact) mass is 225 g/mol. The average Bonchev–Trinajstić information content (AvgIpc) is 2.35. The summed E-state index contributed by atoms with van der Waals surface area (Å²) in [5.74, 6) is 0.513. The zero-order valence-electron chi connectivity index (χ0n) is 10.8. The highest BCUT2D eigenvalue weighted by Crippen LogP contribution is 2.26. The summed E-state index contributed by atoms with van der Waals surface area (Å²) >= 11 is 0. The molecule has 1 heteroatoms. The molecule has 0 atom stereocenters. The zero-order chi connectivity index (χ0) is 12.3. The molecule has 2 rings (SSSR count). The van der Waals surface area contributed by atoms with Gasteiger partial charge in [0.2, 0.25) is 0 Å². The van der Waals surface area contributed by atoms with Gasteiger partial charge in [0, 0.05) is 11.1 Å². The van der Waals surface area contributed by atoms with Crippen LogP contribution in [-0.2, 0) is 0 Å². The van der Waals surface area contributed by atoms with Crippen molar-refractivity contribution in [1.29, 1.82) is 0 Å². The van der Waals surface area contributed by atoms with Gasteiger partial charge in [0.1, 0.15) is 0 Å². The fraction of sp³-hybridized carbons (Fsp3) is 0.312. The first-order valence-corrected chi connectivity index (χ1v) is 6.27. The minimum absolute atomic E-state index is 0.513.